The first-order valence-electron chi connectivity index (χ1n) is 7.21. The third kappa shape index (κ3) is 2.30. The SMILES string of the molecule is O=C(O)c1cnn2c1nc(NCc1cccnc1)c1ccncc12. The number of nitrogens with one attached hydrogen (secondary N) is 1. The predicted octanol–water partition coefficient (Wildman–Crippen LogP) is 1.98. The summed E-state index contributed by atoms with van der Waals surface area (Å²) >= 11 is 0. The van der Waals surface area contributed by atoms with Crippen molar-refractivity contribution in [3.63, 3.8) is 0 Å². The molecule has 0 unspecified atom stereocenters. The topological polar surface area (TPSA) is 105 Å². The molecule has 0 amide bonds. The van der Waals surface area contributed by atoms with E-state index in [1.165, 1.54) is 10.7 Å². The summed E-state index contributed by atoms with van der Waals surface area (Å²) in [4.78, 5) is 24.0. The Bertz CT molecular complexity index is 1040. The second-order valence-corrected chi connectivity index (χ2v) is 5.17. The van der Waals surface area contributed by atoms with Crippen molar-refractivity contribution in [3.05, 3.63) is 60.3 Å². The Kier molecular flexibility index (Phi) is 3.27. The van der Waals surface area contributed by atoms with Crippen LogP contribution in [0.5, 0.6) is 0 Å². The first-order valence-corrected chi connectivity index (χ1v) is 7.21. The van der Waals surface area contributed by atoms with E-state index in [2.05, 4.69) is 25.4 Å². The normalized spacial score (nSPS) is 11.0. The highest BCUT2D eigenvalue weighted by molar-refractivity contribution is 5.98. The van der Waals surface area contributed by atoms with Crippen LogP contribution in [0.25, 0.3) is 16.6 Å². The summed E-state index contributed by atoms with van der Waals surface area (Å²) in [5, 5.41) is 17.5. The second-order valence-electron chi connectivity index (χ2n) is 5.17. The molecule has 8 nitrogen and oxygen atoms in total. The Labute approximate surface area is 135 Å². The van der Waals surface area contributed by atoms with Crippen LogP contribution in [0.15, 0.2) is 49.2 Å². The molecule has 0 spiro atoms. The molecule has 0 bridgehead atoms. The number of aromatic nitrogens is 5. The van der Waals surface area contributed by atoms with Crippen molar-refractivity contribution in [1.29, 1.82) is 0 Å². The summed E-state index contributed by atoms with van der Waals surface area (Å²) in [6.07, 6.45) is 8.06. The zero-order valence-corrected chi connectivity index (χ0v) is 12.4. The van der Waals surface area contributed by atoms with Gasteiger partial charge in [0.05, 0.1) is 17.9 Å². The molecule has 4 aromatic rings. The third-order valence-electron chi connectivity index (χ3n) is 3.66. The molecule has 24 heavy (non-hydrogen) atoms. The largest absolute Gasteiger partial charge is 0.477 e. The van der Waals surface area contributed by atoms with Gasteiger partial charge in [-0.1, -0.05) is 6.07 Å². The average molecular weight is 320 g/mol. The van der Waals surface area contributed by atoms with E-state index in [0.717, 1.165) is 10.9 Å². The molecule has 0 aromatic carbocycles. The molecule has 8 heteroatoms. The van der Waals surface area contributed by atoms with Crippen LogP contribution >= 0.6 is 0 Å². The van der Waals surface area contributed by atoms with Crippen LogP contribution in [-0.4, -0.2) is 35.6 Å². The van der Waals surface area contributed by atoms with E-state index in [9.17, 15) is 9.90 Å². The number of anilines is 1. The summed E-state index contributed by atoms with van der Waals surface area (Å²) in [5.41, 5.74) is 2.00. The highest BCUT2D eigenvalue weighted by Crippen LogP contribution is 2.24. The molecule has 0 atom stereocenters. The van der Waals surface area contributed by atoms with Gasteiger partial charge in [-0.15, -0.1) is 0 Å². The summed E-state index contributed by atoms with van der Waals surface area (Å²) in [6, 6.07) is 5.62. The third-order valence-corrected chi connectivity index (χ3v) is 3.66. The highest BCUT2D eigenvalue weighted by Gasteiger charge is 2.17. The molecule has 0 radical (unpaired) electrons. The van der Waals surface area contributed by atoms with Crippen molar-refractivity contribution in [3.8, 4) is 0 Å². The van der Waals surface area contributed by atoms with Gasteiger partial charge in [-0.2, -0.15) is 5.10 Å². The molecule has 0 saturated carbocycles. The minimum atomic E-state index is -1.07. The Hall–Kier alpha value is -3.55. The van der Waals surface area contributed by atoms with E-state index in [0.29, 0.717) is 17.9 Å². The fraction of sp³-hybridized carbons (Fsp3) is 0.0625. The monoisotopic (exact) mass is 320 g/mol. The number of carboxylic acid groups (broad SMARTS) is 1. The summed E-state index contributed by atoms with van der Waals surface area (Å²) in [5.74, 6) is -0.495. The smallest absolute Gasteiger partial charge is 0.341 e. The molecular weight excluding hydrogens is 308 g/mol. The number of hydrogen-bond donors (Lipinski definition) is 2. The quantitative estimate of drug-likeness (QED) is 0.592. The Morgan fingerprint density at radius 1 is 1.17 bits per heavy atom. The zero-order valence-electron chi connectivity index (χ0n) is 12.4. The van der Waals surface area contributed by atoms with Gasteiger partial charge in [0.1, 0.15) is 11.4 Å². The van der Waals surface area contributed by atoms with Crippen molar-refractivity contribution in [2.75, 3.05) is 5.32 Å². The van der Waals surface area contributed by atoms with Gasteiger partial charge in [0.25, 0.3) is 0 Å². The number of pyridine rings is 2. The molecule has 4 rings (SSSR count). The van der Waals surface area contributed by atoms with Crippen molar-refractivity contribution >= 4 is 28.3 Å². The lowest BCUT2D eigenvalue weighted by Crippen LogP contribution is -2.06. The lowest BCUT2D eigenvalue weighted by molar-refractivity contribution is 0.0699. The number of nitrogens with zero attached hydrogens (tertiary/aromatic N) is 5. The Balaban J connectivity index is 1.85. The van der Waals surface area contributed by atoms with Gasteiger partial charge in [-0.3, -0.25) is 9.97 Å². The van der Waals surface area contributed by atoms with E-state index < -0.39 is 5.97 Å². The van der Waals surface area contributed by atoms with Gasteiger partial charge in [-0.25, -0.2) is 14.3 Å². The first-order chi connectivity index (χ1) is 11.7. The summed E-state index contributed by atoms with van der Waals surface area (Å²) < 4.78 is 1.49. The second kappa shape index (κ2) is 5.58. The molecule has 118 valence electrons. The molecule has 4 heterocycles. The predicted molar refractivity (Wildman–Crippen MR) is 86.8 cm³/mol. The van der Waals surface area contributed by atoms with Crippen LogP contribution in [0, 0.1) is 0 Å². The Morgan fingerprint density at radius 3 is 2.83 bits per heavy atom. The van der Waals surface area contributed by atoms with Crippen LogP contribution in [-0.2, 0) is 6.54 Å². The maximum atomic E-state index is 11.4. The highest BCUT2D eigenvalue weighted by atomic mass is 16.4. The van der Waals surface area contributed by atoms with E-state index in [1.54, 1.807) is 24.8 Å². The number of carbonyl (C=O) groups is 1. The van der Waals surface area contributed by atoms with Gasteiger partial charge in [-0.05, 0) is 17.7 Å². The van der Waals surface area contributed by atoms with Gasteiger partial charge in [0, 0.05) is 30.5 Å². The van der Waals surface area contributed by atoms with E-state index in [-0.39, 0.29) is 11.2 Å². The molecule has 0 fully saturated rings. The fourth-order valence-corrected chi connectivity index (χ4v) is 2.52. The van der Waals surface area contributed by atoms with Crippen molar-refractivity contribution in [2.45, 2.75) is 6.54 Å². The molecule has 4 aromatic heterocycles. The maximum Gasteiger partial charge on any atom is 0.341 e. The number of rotatable bonds is 4. The number of hydrogen-bond acceptors (Lipinski definition) is 6. The van der Waals surface area contributed by atoms with Gasteiger partial charge in [0.2, 0.25) is 0 Å². The van der Waals surface area contributed by atoms with E-state index in [1.807, 2.05) is 18.2 Å². The van der Waals surface area contributed by atoms with Crippen molar-refractivity contribution in [2.24, 2.45) is 0 Å². The first kappa shape index (κ1) is 14.1. The average Bonchev–Trinajstić information content (AvgIpc) is 3.05. The number of fused-ring (bicyclic) bond motifs is 3. The molecule has 0 saturated heterocycles. The van der Waals surface area contributed by atoms with Crippen molar-refractivity contribution in [1.82, 2.24) is 24.6 Å². The van der Waals surface area contributed by atoms with Crippen LogP contribution < -0.4 is 5.32 Å². The minimum absolute atomic E-state index is 0.0465. The summed E-state index contributed by atoms with van der Waals surface area (Å²) in [6.45, 7) is 0.519. The molecule has 2 N–H and O–H groups in total. The van der Waals surface area contributed by atoms with Gasteiger partial charge < -0.3 is 10.4 Å². The van der Waals surface area contributed by atoms with Crippen LogP contribution in [0.1, 0.15) is 15.9 Å². The number of carboxylic acids is 1. The maximum absolute atomic E-state index is 11.4. The standard InChI is InChI=1S/C16H12N6O2/c23-16(24)12-8-20-22-13-9-18-5-3-11(13)14(21-15(12)22)19-7-10-2-1-4-17-6-10/h1-6,8-9H,7H2,(H,19,21)(H,23,24). The minimum Gasteiger partial charge on any atom is -0.477 e. The lowest BCUT2D eigenvalue weighted by atomic mass is 10.2. The van der Waals surface area contributed by atoms with Crippen LogP contribution in [0.2, 0.25) is 0 Å². The van der Waals surface area contributed by atoms with Gasteiger partial charge >= 0.3 is 5.97 Å². The van der Waals surface area contributed by atoms with E-state index >= 15 is 0 Å². The molecule has 0 aliphatic rings. The zero-order chi connectivity index (χ0) is 16.5. The van der Waals surface area contributed by atoms with Crippen LogP contribution in [0.3, 0.4) is 0 Å². The molecular formula is C16H12N6O2. The lowest BCUT2D eigenvalue weighted by Gasteiger charge is -2.10. The fourth-order valence-electron chi connectivity index (χ4n) is 2.52. The Morgan fingerprint density at radius 2 is 2.04 bits per heavy atom. The number of aromatic carboxylic acids is 1. The van der Waals surface area contributed by atoms with Crippen LogP contribution in [0.4, 0.5) is 5.82 Å². The summed E-state index contributed by atoms with van der Waals surface area (Å²) in [7, 11) is 0. The van der Waals surface area contributed by atoms with Gasteiger partial charge in [0.15, 0.2) is 5.65 Å². The van der Waals surface area contributed by atoms with Crippen molar-refractivity contribution < 1.29 is 9.90 Å². The van der Waals surface area contributed by atoms with E-state index in [4.69, 9.17) is 0 Å². The molecule has 0 aliphatic heterocycles. The molecule has 0 aliphatic carbocycles.